The van der Waals surface area contributed by atoms with E-state index in [1.165, 1.54) is 17.7 Å². The molecule has 2 aromatic rings. The molecule has 8 heteroatoms. The van der Waals surface area contributed by atoms with Crippen LogP contribution < -0.4 is 21.9 Å². The first-order chi connectivity index (χ1) is 12.9. The van der Waals surface area contributed by atoms with Gasteiger partial charge in [-0.1, -0.05) is 18.2 Å². The van der Waals surface area contributed by atoms with Crippen LogP contribution in [0.1, 0.15) is 18.5 Å². The highest BCUT2D eigenvalue weighted by Crippen LogP contribution is 2.13. The zero-order valence-electron chi connectivity index (χ0n) is 15.6. The lowest BCUT2D eigenvalue weighted by Crippen LogP contribution is -2.46. The third-order valence-corrected chi connectivity index (χ3v) is 4.97. The van der Waals surface area contributed by atoms with Gasteiger partial charge in [0.1, 0.15) is 0 Å². The normalized spacial score (nSPS) is 15.5. The molecule has 1 aliphatic heterocycles. The number of nitrogens with one attached hydrogen (secondary N) is 2. The molecular weight excluding hydrogens is 346 g/mol. The number of amides is 2. The Morgan fingerprint density at radius 3 is 2.41 bits per heavy atom. The number of para-hydroxylation sites is 1. The molecule has 0 bridgehead atoms. The van der Waals surface area contributed by atoms with Gasteiger partial charge in [0.25, 0.3) is 5.56 Å². The Bertz CT molecular complexity index is 911. The van der Waals surface area contributed by atoms with Crippen LogP contribution in [0.2, 0.25) is 0 Å². The highest BCUT2D eigenvalue weighted by Gasteiger charge is 2.21. The Morgan fingerprint density at radius 2 is 1.74 bits per heavy atom. The number of nitrogens with zero attached hydrogens (tertiary/aromatic N) is 3. The zero-order valence-corrected chi connectivity index (χ0v) is 15.6. The fraction of sp³-hybridized carbons (Fsp3) is 0.421. The summed E-state index contributed by atoms with van der Waals surface area (Å²) < 4.78 is 2.62. The van der Waals surface area contributed by atoms with Crippen molar-refractivity contribution in [3.63, 3.8) is 0 Å². The molecule has 3 rings (SSSR count). The fourth-order valence-electron chi connectivity index (χ4n) is 3.27. The van der Waals surface area contributed by atoms with Gasteiger partial charge in [0.15, 0.2) is 0 Å². The van der Waals surface area contributed by atoms with Crippen molar-refractivity contribution in [1.82, 2.24) is 19.4 Å². The number of likely N-dealkylation sites (tertiary alicyclic amines) is 1. The molecule has 1 aliphatic rings. The van der Waals surface area contributed by atoms with Crippen molar-refractivity contribution >= 4 is 11.7 Å². The van der Waals surface area contributed by atoms with Crippen molar-refractivity contribution < 1.29 is 4.79 Å². The van der Waals surface area contributed by atoms with Crippen LogP contribution in [0.5, 0.6) is 0 Å². The van der Waals surface area contributed by atoms with Gasteiger partial charge in [-0.3, -0.25) is 18.8 Å². The van der Waals surface area contributed by atoms with Gasteiger partial charge in [0.2, 0.25) is 0 Å². The molecule has 0 atom stereocenters. The Labute approximate surface area is 157 Å². The maximum atomic E-state index is 12.1. The van der Waals surface area contributed by atoms with E-state index in [0.29, 0.717) is 12.2 Å². The summed E-state index contributed by atoms with van der Waals surface area (Å²) in [6.45, 7) is 2.13. The van der Waals surface area contributed by atoms with E-state index in [1.54, 1.807) is 7.05 Å². The standard InChI is InChI=1S/C19H25N5O3/c1-22-16(12-17(25)23(2)19(22)27)13-24-10-8-15(9-11-24)21-18(26)20-14-6-4-3-5-7-14/h3-7,12,15H,8-11,13H2,1-2H3,(H2,20,21,26). The number of aromatic nitrogens is 2. The van der Waals surface area contributed by atoms with E-state index in [2.05, 4.69) is 15.5 Å². The van der Waals surface area contributed by atoms with Crippen LogP contribution >= 0.6 is 0 Å². The van der Waals surface area contributed by atoms with Crippen LogP contribution in [0.15, 0.2) is 46.0 Å². The summed E-state index contributed by atoms with van der Waals surface area (Å²) in [4.78, 5) is 38.2. The predicted molar refractivity (Wildman–Crippen MR) is 104 cm³/mol. The summed E-state index contributed by atoms with van der Waals surface area (Å²) in [6.07, 6.45) is 1.64. The van der Waals surface area contributed by atoms with Crippen LogP contribution in [0.3, 0.4) is 0 Å². The van der Waals surface area contributed by atoms with E-state index in [0.717, 1.165) is 36.2 Å². The molecule has 0 spiro atoms. The molecule has 0 unspecified atom stereocenters. The molecule has 1 aromatic heterocycles. The van der Waals surface area contributed by atoms with E-state index in [4.69, 9.17) is 0 Å². The molecule has 0 radical (unpaired) electrons. The van der Waals surface area contributed by atoms with Crippen LogP contribution in [-0.4, -0.2) is 39.2 Å². The molecular formula is C19H25N5O3. The Hall–Kier alpha value is -2.87. The maximum Gasteiger partial charge on any atom is 0.330 e. The maximum absolute atomic E-state index is 12.1. The average Bonchev–Trinajstić information content (AvgIpc) is 2.66. The molecule has 2 N–H and O–H groups in total. The number of benzene rings is 1. The minimum absolute atomic E-state index is 0.109. The highest BCUT2D eigenvalue weighted by atomic mass is 16.2. The van der Waals surface area contributed by atoms with E-state index < -0.39 is 0 Å². The molecule has 1 aromatic carbocycles. The van der Waals surface area contributed by atoms with Crippen LogP contribution in [0.4, 0.5) is 10.5 Å². The smallest absolute Gasteiger partial charge is 0.330 e. The first-order valence-electron chi connectivity index (χ1n) is 9.05. The van der Waals surface area contributed by atoms with Gasteiger partial charge in [-0.05, 0) is 25.0 Å². The lowest BCUT2D eigenvalue weighted by Gasteiger charge is -2.32. The minimum atomic E-state index is -0.313. The number of carbonyl (C=O) groups is 1. The molecule has 27 heavy (non-hydrogen) atoms. The number of hydrogen-bond acceptors (Lipinski definition) is 4. The zero-order chi connectivity index (χ0) is 19.4. The van der Waals surface area contributed by atoms with Gasteiger partial charge < -0.3 is 10.6 Å². The second kappa shape index (κ2) is 8.22. The summed E-state index contributed by atoms with van der Waals surface area (Å²) in [6, 6.07) is 10.8. The molecule has 2 amide bonds. The van der Waals surface area contributed by atoms with E-state index in [-0.39, 0.29) is 23.3 Å². The number of carbonyl (C=O) groups excluding carboxylic acids is 1. The molecule has 0 aliphatic carbocycles. The van der Waals surface area contributed by atoms with Crippen molar-refractivity contribution in [2.24, 2.45) is 14.1 Å². The average molecular weight is 371 g/mol. The second-order valence-corrected chi connectivity index (χ2v) is 6.89. The summed E-state index contributed by atoms with van der Waals surface area (Å²) in [7, 11) is 3.16. The second-order valence-electron chi connectivity index (χ2n) is 6.89. The summed E-state index contributed by atoms with van der Waals surface area (Å²) in [5, 5.41) is 5.83. The first kappa shape index (κ1) is 18.9. The lowest BCUT2D eigenvalue weighted by atomic mass is 10.1. The molecule has 144 valence electrons. The van der Waals surface area contributed by atoms with Gasteiger partial charge >= 0.3 is 11.7 Å². The quantitative estimate of drug-likeness (QED) is 0.835. The minimum Gasteiger partial charge on any atom is -0.335 e. The van der Waals surface area contributed by atoms with E-state index >= 15 is 0 Å². The van der Waals surface area contributed by atoms with E-state index in [9.17, 15) is 14.4 Å². The van der Waals surface area contributed by atoms with Crippen molar-refractivity contribution in [2.45, 2.75) is 25.4 Å². The molecule has 1 fully saturated rings. The van der Waals surface area contributed by atoms with Crippen molar-refractivity contribution in [1.29, 1.82) is 0 Å². The van der Waals surface area contributed by atoms with Gasteiger partial charge in [-0.25, -0.2) is 9.59 Å². The molecule has 8 nitrogen and oxygen atoms in total. The highest BCUT2D eigenvalue weighted by molar-refractivity contribution is 5.89. The largest absolute Gasteiger partial charge is 0.335 e. The number of piperidine rings is 1. The Kier molecular flexibility index (Phi) is 5.75. The van der Waals surface area contributed by atoms with Crippen LogP contribution in [0.25, 0.3) is 0 Å². The van der Waals surface area contributed by atoms with Crippen molar-refractivity contribution in [2.75, 3.05) is 18.4 Å². The van der Waals surface area contributed by atoms with Crippen LogP contribution in [-0.2, 0) is 20.6 Å². The first-order valence-corrected chi connectivity index (χ1v) is 9.05. The fourth-order valence-corrected chi connectivity index (χ4v) is 3.27. The number of rotatable bonds is 4. The van der Waals surface area contributed by atoms with Crippen molar-refractivity contribution in [3.05, 3.63) is 62.9 Å². The Balaban J connectivity index is 1.51. The summed E-state index contributed by atoms with van der Waals surface area (Å²) >= 11 is 0. The summed E-state index contributed by atoms with van der Waals surface area (Å²) in [5.41, 5.74) is 0.865. The third kappa shape index (κ3) is 4.65. The monoisotopic (exact) mass is 371 g/mol. The molecule has 2 heterocycles. The van der Waals surface area contributed by atoms with Gasteiger partial charge in [-0.15, -0.1) is 0 Å². The lowest BCUT2D eigenvalue weighted by molar-refractivity contribution is 0.186. The number of hydrogen-bond donors (Lipinski definition) is 2. The van der Waals surface area contributed by atoms with Crippen LogP contribution in [0, 0.1) is 0 Å². The SMILES string of the molecule is Cn1c(CN2CCC(NC(=O)Nc3ccccc3)CC2)cc(=O)n(C)c1=O. The summed E-state index contributed by atoms with van der Waals surface area (Å²) in [5.74, 6) is 0. The van der Waals surface area contributed by atoms with Gasteiger partial charge in [0.05, 0.1) is 0 Å². The van der Waals surface area contributed by atoms with Crippen molar-refractivity contribution in [3.8, 4) is 0 Å². The van der Waals surface area contributed by atoms with E-state index in [1.807, 2.05) is 30.3 Å². The topological polar surface area (TPSA) is 88.4 Å². The van der Waals surface area contributed by atoms with Gasteiger partial charge in [-0.2, -0.15) is 0 Å². The third-order valence-electron chi connectivity index (χ3n) is 4.97. The van der Waals surface area contributed by atoms with Gasteiger partial charge in [0, 0.05) is 57.2 Å². The number of anilines is 1. The molecule has 1 saturated heterocycles. The predicted octanol–water partition coefficient (Wildman–Crippen LogP) is 0.870. The Morgan fingerprint density at radius 1 is 1.07 bits per heavy atom. The molecule has 0 saturated carbocycles. The number of urea groups is 1.